The molecular formula is C36H55F3N6O4Si2. The van der Waals surface area contributed by atoms with Crippen LogP contribution in [0.3, 0.4) is 0 Å². The van der Waals surface area contributed by atoms with E-state index in [-0.39, 0.29) is 41.5 Å². The maximum atomic E-state index is 14.9. The molecule has 3 heterocycles. The number of nitrogens with zero attached hydrogens (tertiary/aromatic N) is 5. The molecule has 1 saturated carbocycles. The van der Waals surface area contributed by atoms with Crippen molar-refractivity contribution in [2.75, 3.05) is 44.8 Å². The molecule has 0 spiro atoms. The predicted molar refractivity (Wildman–Crippen MR) is 198 cm³/mol. The van der Waals surface area contributed by atoms with Gasteiger partial charge in [0, 0.05) is 59.4 Å². The first-order valence-electron chi connectivity index (χ1n) is 18.3. The van der Waals surface area contributed by atoms with Gasteiger partial charge in [0.2, 0.25) is 5.91 Å². The van der Waals surface area contributed by atoms with Gasteiger partial charge in [-0.1, -0.05) is 46.2 Å². The van der Waals surface area contributed by atoms with E-state index in [0.717, 1.165) is 48.7 Å². The summed E-state index contributed by atoms with van der Waals surface area (Å²) in [6.07, 6.45) is -1.97. The van der Waals surface area contributed by atoms with Gasteiger partial charge in [-0.3, -0.25) is 14.3 Å². The monoisotopic (exact) mass is 748 g/mol. The first-order valence-corrected chi connectivity index (χ1v) is 25.7. The zero-order chi connectivity index (χ0) is 36.9. The smallest absolute Gasteiger partial charge is 0.379 e. The Balaban J connectivity index is 1.42. The van der Waals surface area contributed by atoms with Crippen LogP contribution in [0.15, 0.2) is 12.1 Å². The molecule has 6 rings (SSSR count). The number of benzene rings is 1. The zero-order valence-corrected chi connectivity index (χ0v) is 33.5. The van der Waals surface area contributed by atoms with Crippen molar-refractivity contribution in [1.29, 1.82) is 0 Å². The topological polar surface area (TPSA) is 95.7 Å². The second kappa shape index (κ2) is 14.3. The molecule has 2 aliphatic carbocycles. The molecule has 10 nitrogen and oxygen atoms in total. The van der Waals surface area contributed by atoms with Crippen LogP contribution in [0.5, 0.6) is 0 Å². The number of morpholine rings is 1. The van der Waals surface area contributed by atoms with Crippen molar-refractivity contribution in [2.24, 2.45) is 11.3 Å². The summed E-state index contributed by atoms with van der Waals surface area (Å²) in [5.41, 5.74) is 2.10. The minimum atomic E-state index is -4.72. The van der Waals surface area contributed by atoms with Crippen LogP contribution in [-0.2, 0) is 51.5 Å². The van der Waals surface area contributed by atoms with E-state index in [9.17, 15) is 18.0 Å². The number of rotatable bonds is 14. The molecule has 15 heteroatoms. The third-order valence-corrected chi connectivity index (χ3v) is 14.2. The molecule has 0 bridgehead atoms. The maximum absolute atomic E-state index is 14.9. The summed E-state index contributed by atoms with van der Waals surface area (Å²) in [6, 6.07) is 3.98. The van der Waals surface area contributed by atoms with Gasteiger partial charge in [0.1, 0.15) is 24.7 Å². The number of alkyl halides is 3. The van der Waals surface area contributed by atoms with Crippen LogP contribution < -0.4 is 5.32 Å². The molecule has 1 aromatic carbocycles. The van der Waals surface area contributed by atoms with Crippen LogP contribution in [0.1, 0.15) is 37.1 Å². The van der Waals surface area contributed by atoms with E-state index >= 15 is 0 Å². The molecule has 1 amide bonds. The van der Waals surface area contributed by atoms with Gasteiger partial charge in [-0.25, -0.2) is 9.67 Å². The van der Waals surface area contributed by atoms with Gasteiger partial charge in [-0.05, 0) is 61.7 Å². The second-order valence-corrected chi connectivity index (χ2v) is 28.7. The largest absolute Gasteiger partial charge is 0.418 e. The van der Waals surface area contributed by atoms with Crippen LogP contribution in [0.2, 0.25) is 51.4 Å². The van der Waals surface area contributed by atoms with Gasteiger partial charge in [0.15, 0.2) is 5.82 Å². The summed E-state index contributed by atoms with van der Waals surface area (Å²) in [4.78, 5) is 20.1. The minimum absolute atomic E-state index is 0.00464. The number of anilines is 1. The molecule has 2 aromatic heterocycles. The maximum Gasteiger partial charge on any atom is 0.418 e. The molecule has 1 unspecified atom stereocenters. The predicted octanol–water partition coefficient (Wildman–Crippen LogP) is 7.33. The Bertz CT molecular complexity index is 1740. The lowest BCUT2D eigenvalue weighted by atomic mass is 9.87. The highest BCUT2D eigenvalue weighted by Gasteiger charge is 2.54. The van der Waals surface area contributed by atoms with Crippen LogP contribution >= 0.6 is 0 Å². The van der Waals surface area contributed by atoms with Gasteiger partial charge in [-0.2, -0.15) is 18.3 Å². The number of hydrogen-bond donors (Lipinski definition) is 1. The molecule has 3 atom stereocenters. The first-order chi connectivity index (χ1) is 23.8. The Labute approximate surface area is 301 Å². The Morgan fingerprint density at radius 2 is 1.71 bits per heavy atom. The van der Waals surface area contributed by atoms with Crippen molar-refractivity contribution in [3.63, 3.8) is 0 Å². The summed E-state index contributed by atoms with van der Waals surface area (Å²) < 4.78 is 66.0. The van der Waals surface area contributed by atoms with E-state index < -0.39 is 33.9 Å². The van der Waals surface area contributed by atoms with Crippen molar-refractivity contribution in [3.8, 4) is 11.5 Å². The third kappa shape index (κ3) is 8.81. The molecule has 0 radical (unpaired) electrons. The fourth-order valence-electron chi connectivity index (χ4n) is 7.16. The number of halogens is 3. The Morgan fingerprint density at radius 3 is 2.33 bits per heavy atom. The van der Waals surface area contributed by atoms with Gasteiger partial charge < -0.3 is 19.5 Å². The normalized spacial score (nSPS) is 21.8. The van der Waals surface area contributed by atoms with Crippen LogP contribution in [-0.4, -0.2) is 91.8 Å². The highest BCUT2D eigenvalue weighted by Crippen LogP contribution is 2.60. The number of carbonyl (C=O) groups excluding carboxylic acids is 1. The summed E-state index contributed by atoms with van der Waals surface area (Å²) in [5.74, 6) is 0.465. The molecule has 2 fully saturated rings. The number of amides is 1. The Morgan fingerprint density at radius 1 is 1.06 bits per heavy atom. The number of carbonyl (C=O) groups is 1. The van der Waals surface area contributed by atoms with E-state index in [1.165, 1.54) is 0 Å². The summed E-state index contributed by atoms with van der Waals surface area (Å²) in [5, 5.41) is 7.83. The quantitative estimate of drug-likeness (QED) is 0.136. The number of aromatic nitrogens is 4. The van der Waals surface area contributed by atoms with Gasteiger partial charge >= 0.3 is 6.18 Å². The van der Waals surface area contributed by atoms with Gasteiger partial charge in [-0.15, -0.1) is 0 Å². The number of hydrogen-bond acceptors (Lipinski definition) is 7. The molecule has 3 aliphatic rings. The average Bonchev–Trinajstić information content (AvgIpc) is 3.40. The van der Waals surface area contributed by atoms with Crippen molar-refractivity contribution >= 4 is 38.8 Å². The number of nitrogens with one attached hydrogen (secondary N) is 1. The zero-order valence-electron chi connectivity index (χ0n) is 31.5. The Kier molecular flexibility index (Phi) is 10.7. The molecule has 1 saturated heterocycles. The van der Waals surface area contributed by atoms with Crippen molar-refractivity contribution in [2.45, 2.75) is 110 Å². The molecule has 51 heavy (non-hydrogen) atoms. The highest BCUT2D eigenvalue weighted by atomic mass is 28.3. The fourth-order valence-corrected chi connectivity index (χ4v) is 8.68. The molecule has 282 valence electrons. The lowest BCUT2D eigenvalue weighted by molar-refractivity contribution is -0.136. The number of fused-ring (bicyclic) bond motifs is 3. The van der Waals surface area contributed by atoms with Gasteiger partial charge in [0.05, 0.1) is 30.3 Å². The van der Waals surface area contributed by atoms with E-state index in [4.69, 9.17) is 24.3 Å². The first kappa shape index (κ1) is 38.2. The second-order valence-electron chi connectivity index (χ2n) is 17.5. The fraction of sp³-hybridized carbons (Fsp3) is 0.694. The van der Waals surface area contributed by atoms with Crippen LogP contribution in [0, 0.1) is 11.3 Å². The lowest BCUT2D eigenvalue weighted by Gasteiger charge is -2.31. The minimum Gasteiger partial charge on any atom is -0.379 e. The lowest BCUT2D eigenvalue weighted by Crippen LogP contribution is -2.47. The average molecular weight is 749 g/mol. The van der Waals surface area contributed by atoms with E-state index in [1.54, 1.807) is 17.6 Å². The summed E-state index contributed by atoms with van der Waals surface area (Å²) in [6.45, 7) is 21.3. The summed E-state index contributed by atoms with van der Waals surface area (Å²) in [7, 11) is -2.74. The number of ether oxygens (including phenoxy) is 3. The van der Waals surface area contributed by atoms with E-state index in [2.05, 4.69) is 51.5 Å². The standard InChI is InChI=1S/C36H55F3N6O4Si2/c1-24(43-9-11-47-12-10-43)34(46)40-26-18-28(36(37,38)39)32-29(19-26)44(22-48-13-15-50(3,4)5)33(41-32)31-27-17-25-20-35(25,2)21-30(27)45(42-31)23-49-14-16-51(6,7)8/h18-19,24-25H,9-17,20-23H2,1-8H3,(H,40,46)/t24?,25-,35-/m1/s1. The van der Waals surface area contributed by atoms with Gasteiger partial charge in [0.25, 0.3) is 0 Å². The summed E-state index contributed by atoms with van der Waals surface area (Å²) >= 11 is 0. The van der Waals surface area contributed by atoms with Crippen LogP contribution in [0.4, 0.5) is 18.9 Å². The molecular weight excluding hydrogens is 694 g/mol. The van der Waals surface area contributed by atoms with Crippen molar-refractivity contribution < 1.29 is 32.2 Å². The van der Waals surface area contributed by atoms with Crippen molar-refractivity contribution in [3.05, 3.63) is 29.0 Å². The molecule has 3 aromatic rings. The SMILES string of the molecule is CC(C(=O)Nc1cc(C(F)(F)F)c2nc(-c3nn(COCC[Si](C)(C)C)c4c3C[C@@H]3C[C@]3(C)C4)n(COCC[Si](C)(C)C)c2c1)N1CCOCC1. The highest BCUT2D eigenvalue weighted by molar-refractivity contribution is 6.76. The van der Waals surface area contributed by atoms with E-state index in [0.29, 0.717) is 57.0 Å². The molecule has 1 aliphatic heterocycles. The van der Waals surface area contributed by atoms with Crippen molar-refractivity contribution in [1.82, 2.24) is 24.2 Å². The van der Waals surface area contributed by atoms with Crippen LogP contribution in [0.25, 0.3) is 22.6 Å². The third-order valence-electron chi connectivity index (χ3n) is 10.8. The van der Waals surface area contributed by atoms with E-state index in [1.807, 2.05) is 9.58 Å². The number of imidazole rings is 1. The Hall–Kier alpha value is -2.57. The molecule has 1 N–H and O–H groups in total.